The number of hydrogen-bond acceptors (Lipinski definition) is 3. The normalized spacial score (nSPS) is 11.9. The van der Waals surface area contributed by atoms with Gasteiger partial charge >= 0.3 is 0 Å². The van der Waals surface area contributed by atoms with Crippen LogP contribution in [0.25, 0.3) is 0 Å². The Kier molecular flexibility index (Phi) is 6.25. The van der Waals surface area contributed by atoms with E-state index in [9.17, 15) is 4.79 Å². The van der Waals surface area contributed by atoms with Crippen LogP contribution >= 0.6 is 11.3 Å². The first-order valence-corrected chi connectivity index (χ1v) is 7.75. The molecule has 1 aromatic heterocycles. The topological polar surface area (TPSA) is 46.3 Å². The third-order valence-electron chi connectivity index (χ3n) is 3.23. The minimum Gasteiger partial charge on any atom is -0.338 e. The summed E-state index contributed by atoms with van der Waals surface area (Å²) in [5.41, 5.74) is 6.43. The van der Waals surface area contributed by atoms with Gasteiger partial charge in [-0.25, -0.2) is 0 Å². The molecule has 1 rings (SSSR count). The highest BCUT2D eigenvalue weighted by atomic mass is 32.1. The summed E-state index contributed by atoms with van der Waals surface area (Å²) in [6.07, 6.45) is 1.01. The van der Waals surface area contributed by atoms with Crippen molar-refractivity contribution in [2.45, 2.75) is 40.2 Å². The van der Waals surface area contributed by atoms with E-state index in [-0.39, 0.29) is 11.9 Å². The van der Waals surface area contributed by atoms with Crippen LogP contribution in [0.5, 0.6) is 0 Å². The summed E-state index contributed by atoms with van der Waals surface area (Å²) < 4.78 is 0. The Bertz CT molecular complexity index is 522. The zero-order chi connectivity index (χ0) is 15.3. The van der Waals surface area contributed by atoms with Gasteiger partial charge in [-0.3, -0.25) is 4.79 Å². The lowest BCUT2D eigenvalue weighted by Crippen LogP contribution is -2.35. The molecule has 1 amide bonds. The van der Waals surface area contributed by atoms with Crippen molar-refractivity contribution in [3.8, 4) is 11.8 Å². The average Bonchev–Trinajstić information content (AvgIpc) is 2.75. The number of hydrogen-bond donors (Lipinski definition) is 1. The van der Waals surface area contributed by atoms with E-state index in [1.54, 1.807) is 0 Å². The first-order valence-electron chi connectivity index (χ1n) is 6.93. The molecule has 1 unspecified atom stereocenters. The lowest BCUT2D eigenvalue weighted by Gasteiger charge is -2.25. The molecule has 0 aromatic carbocycles. The predicted octanol–water partition coefficient (Wildman–Crippen LogP) is 2.87. The standard InChI is InChI=1S/C16H24N2OS/c1-11(2)9-13(4)18(5)16(19)15-10-12(3)14(20-15)7-6-8-17/h10-11,13H,8-9,17H2,1-5H3. The van der Waals surface area contributed by atoms with Gasteiger partial charge in [0.2, 0.25) is 0 Å². The second-order valence-electron chi connectivity index (χ2n) is 5.52. The minimum atomic E-state index is 0.0760. The molecule has 1 heterocycles. The molecule has 0 radical (unpaired) electrons. The van der Waals surface area contributed by atoms with Gasteiger partial charge in [0.15, 0.2) is 0 Å². The summed E-state index contributed by atoms with van der Waals surface area (Å²) in [4.78, 5) is 16.0. The number of amides is 1. The number of aryl methyl sites for hydroxylation is 1. The van der Waals surface area contributed by atoms with Crippen molar-refractivity contribution in [2.24, 2.45) is 11.7 Å². The number of thiophene rings is 1. The highest BCUT2D eigenvalue weighted by Gasteiger charge is 2.20. The maximum atomic E-state index is 12.5. The van der Waals surface area contributed by atoms with Gasteiger partial charge in [0, 0.05) is 13.1 Å². The van der Waals surface area contributed by atoms with Crippen LogP contribution in [0, 0.1) is 24.7 Å². The Morgan fingerprint density at radius 1 is 1.45 bits per heavy atom. The van der Waals surface area contributed by atoms with Crippen molar-refractivity contribution in [1.29, 1.82) is 0 Å². The average molecular weight is 292 g/mol. The van der Waals surface area contributed by atoms with Gasteiger partial charge in [0.25, 0.3) is 5.91 Å². The van der Waals surface area contributed by atoms with E-state index in [0.717, 1.165) is 21.7 Å². The Labute approximate surface area is 126 Å². The van der Waals surface area contributed by atoms with Gasteiger partial charge in [0.05, 0.1) is 16.3 Å². The molecule has 110 valence electrons. The van der Waals surface area contributed by atoms with Crippen LogP contribution in [0.3, 0.4) is 0 Å². The van der Waals surface area contributed by atoms with E-state index in [4.69, 9.17) is 5.73 Å². The van der Waals surface area contributed by atoms with E-state index in [2.05, 4.69) is 32.6 Å². The number of carbonyl (C=O) groups is 1. The quantitative estimate of drug-likeness (QED) is 0.867. The van der Waals surface area contributed by atoms with Crippen molar-refractivity contribution >= 4 is 17.2 Å². The van der Waals surface area contributed by atoms with Crippen molar-refractivity contribution in [3.05, 3.63) is 21.4 Å². The first kappa shape index (κ1) is 16.7. The summed E-state index contributed by atoms with van der Waals surface area (Å²) in [7, 11) is 1.87. The summed E-state index contributed by atoms with van der Waals surface area (Å²) >= 11 is 1.45. The van der Waals surface area contributed by atoms with Crippen LogP contribution in [0.4, 0.5) is 0 Å². The van der Waals surface area contributed by atoms with Gasteiger partial charge in [0.1, 0.15) is 0 Å². The molecule has 0 aliphatic rings. The third-order valence-corrected chi connectivity index (χ3v) is 4.37. The van der Waals surface area contributed by atoms with Gasteiger partial charge in [-0.05, 0) is 37.8 Å². The van der Waals surface area contributed by atoms with Crippen LogP contribution in [-0.2, 0) is 0 Å². The number of rotatable bonds is 4. The summed E-state index contributed by atoms with van der Waals surface area (Å²) in [6, 6.07) is 2.16. The first-order chi connectivity index (χ1) is 9.36. The van der Waals surface area contributed by atoms with Crippen LogP contribution in [0.15, 0.2) is 6.07 Å². The maximum absolute atomic E-state index is 12.5. The number of nitrogens with zero attached hydrogens (tertiary/aromatic N) is 1. The molecule has 4 heteroatoms. The SMILES string of the molecule is Cc1cc(C(=O)N(C)C(C)CC(C)C)sc1C#CCN. The molecular formula is C16H24N2OS. The molecule has 0 saturated carbocycles. The molecule has 0 aliphatic carbocycles. The minimum absolute atomic E-state index is 0.0760. The van der Waals surface area contributed by atoms with Gasteiger partial charge < -0.3 is 10.6 Å². The molecule has 1 atom stereocenters. The molecule has 3 nitrogen and oxygen atoms in total. The predicted molar refractivity (Wildman–Crippen MR) is 86.0 cm³/mol. The maximum Gasteiger partial charge on any atom is 0.263 e. The summed E-state index contributed by atoms with van der Waals surface area (Å²) in [5.74, 6) is 6.52. The molecule has 0 aliphatic heterocycles. The van der Waals surface area contributed by atoms with Crippen LogP contribution in [-0.4, -0.2) is 30.4 Å². The fourth-order valence-electron chi connectivity index (χ4n) is 2.06. The van der Waals surface area contributed by atoms with Crippen LogP contribution < -0.4 is 5.73 Å². The Morgan fingerprint density at radius 3 is 2.65 bits per heavy atom. The molecule has 0 fully saturated rings. The van der Waals surface area contributed by atoms with E-state index in [1.165, 1.54) is 11.3 Å². The molecule has 0 saturated heterocycles. The Hall–Kier alpha value is -1.31. The fraction of sp³-hybridized carbons (Fsp3) is 0.562. The van der Waals surface area contributed by atoms with Crippen molar-refractivity contribution in [2.75, 3.05) is 13.6 Å². The number of carbonyl (C=O) groups excluding carboxylic acids is 1. The zero-order valence-electron chi connectivity index (χ0n) is 13.0. The van der Waals surface area contributed by atoms with Gasteiger partial charge in [-0.15, -0.1) is 11.3 Å². The number of nitrogens with two attached hydrogens (primary N) is 1. The largest absolute Gasteiger partial charge is 0.338 e. The van der Waals surface area contributed by atoms with Gasteiger partial charge in [-0.1, -0.05) is 25.7 Å². The molecule has 1 aromatic rings. The summed E-state index contributed by atoms with van der Waals surface area (Å²) in [5, 5.41) is 0. The van der Waals surface area contributed by atoms with Crippen LogP contribution in [0.2, 0.25) is 0 Å². The zero-order valence-corrected chi connectivity index (χ0v) is 13.8. The molecule has 0 bridgehead atoms. The van der Waals surface area contributed by atoms with E-state index >= 15 is 0 Å². The van der Waals surface area contributed by atoms with Crippen molar-refractivity contribution < 1.29 is 4.79 Å². The van der Waals surface area contributed by atoms with Crippen molar-refractivity contribution in [1.82, 2.24) is 4.90 Å². The second kappa shape index (κ2) is 7.47. The smallest absolute Gasteiger partial charge is 0.263 e. The van der Waals surface area contributed by atoms with Crippen LogP contribution in [0.1, 0.15) is 47.3 Å². The lowest BCUT2D eigenvalue weighted by molar-refractivity contribution is 0.0733. The van der Waals surface area contributed by atoms with E-state index < -0.39 is 0 Å². The highest BCUT2D eigenvalue weighted by Crippen LogP contribution is 2.23. The lowest BCUT2D eigenvalue weighted by atomic mass is 10.0. The van der Waals surface area contributed by atoms with E-state index in [1.807, 2.05) is 24.9 Å². The molecule has 20 heavy (non-hydrogen) atoms. The summed E-state index contributed by atoms with van der Waals surface area (Å²) in [6.45, 7) is 8.75. The highest BCUT2D eigenvalue weighted by molar-refractivity contribution is 7.14. The van der Waals surface area contributed by atoms with Gasteiger partial charge in [-0.2, -0.15) is 0 Å². The molecular weight excluding hydrogens is 268 g/mol. The fourth-order valence-corrected chi connectivity index (χ4v) is 3.09. The van der Waals surface area contributed by atoms with Crippen molar-refractivity contribution in [3.63, 3.8) is 0 Å². The molecule has 0 spiro atoms. The Balaban J connectivity index is 2.87. The monoisotopic (exact) mass is 292 g/mol. The molecule has 2 N–H and O–H groups in total. The second-order valence-corrected chi connectivity index (χ2v) is 6.58. The van der Waals surface area contributed by atoms with E-state index in [0.29, 0.717) is 12.5 Å². The Morgan fingerprint density at radius 2 is 2.10 bits per heavy atom. The third kappa shape index (κ3) is 4.36.